The van der Waals surface area contributed by atoms with Crippen LogP contribution in [0.4, 0.5) is 5.13 Å². The molecule has 0 radical (unpaired) electrons. The van der Waals surface area contributed by atoms with Gasteiger partial charge in [-0.15, -0.1) is 5.10 Å². The van der Waals surface area contributed by atoms with Crippen molar-refractivity contribution in [2.75, 3.05) is 18.5 Å². The molecule has 0 spiro atoms. The quantitative estimate of drug-likeness (QED) is 0.744. The van der Waals surface area contributed by atoms with Gasteiger partial charge in [-0.2, -0.15) is 0 Å². The van der Waals surface area contributed by atoms with Crippen molar-refractivity contribution in [1.29, 1.82) is 0 Å². The fourth-order valence-corrected chi connectivity index (χ4v) is 3.55. The van der Waals surface area contributed by atoms with Gasteiger partial charge in [0.1, 0.15) is 12.4 Å². The topological polar surface area (TPSA) is 60.7 Å². The number of rotatable bonds is 6. The molecule has 126 valence electrons. The summed E-state index contributed by atoms with van der Waals surface area (Å²) >= 11 is 1.55. The van der Waals surface area contributed by atoms with Gasteiger partial charge in [-0.3, -0.25) is 0 Å². The summed E-state index contributed by atoms with van der Waals surface area (Å²) in [6.07, 6.45) is 4.41. The fraction of sp³-hybridized carbons (Fsp3) is 0.412. The van der Waals surface area contributed by atoms with E-state index in [9.17, 15) is 0 Å². The smallest absolute Gasteiger partial charge is 0.214 e. The second kappa shape index (κ2) is 6.78. The third-order valence-corrected chi connectivity index (χ3v) is 4.87. The highest BCUT2D eigenvalue weighted by Crippen LogP contribution is 2.20. The van der Waals surface area contributed by atoms with Crippen molar-refractivity contribution in [3.05, 3.63) is 41.7 Å². The van der Waals surface area contributed by atoms with Gasteiger partial charge >= 0.3 is 0 Å². The Morgan fingerprint density at radius 3 is 3.00 bits per heavy atom. The first-order chi connectivity index (χ1) is 11.8. The molecule has 0 saturated carbocycles. The summed E-state index contributed by atoms with van der Waals surface area (Å²) in [7, 11) is 0. The molecular formula is C17H20N4O2S. The number of benzene rings is 1. The maximum Gasteiger partial charge on any atom is 0.214 e. The van der Waals surface area contributed by atoms with Crippen LogP contribution >= 0.6 is 11.3 Å². The number of hydrogen-bond acceptors (Lipinski definition) is 6. The molecule has 3 aromatic rings. The summed E-state index contributed by atoms with van der Waals surface area (Å²) in [5.41, 5.74) is 2.17. The van der Waals surface area contributed by atoms with Gasteiger partial charge < -0.3 is 14.8 Å². The van der Waals surface area contributed by atoms with Crippen LogP contribution in [0.5, 0.6) is 5.75 Å². The van der Waals surface area contributed by atoms with E-state index < -0.39 is 0 Å². The molecule has 1 atom stereocenters. The maximum absolute atomic E-state index is 5.78. The Morgan fingerprint density at radius 1 is 1.38 bits per heavy atom. The number of fused-ring (bicyclic) bond motifs is 1. The lowest BCUT2D eigenvalue weighted by molar-refractivity contribution is 0.0679. The molecule has 1 aromatic carbocycles. The van der Waals surface area contributed by atoms with Gasteiger partial charge in [0, 0.05) is 13.2 Å². The molecule has 2 aromatic heterocycles. The largest absolute Gasteiger partial charge is 0.491 e. The minimum atomic E-state index is 0.249. The Morgan fingerprint density at radius 2 is 2.25 bits per heavy atom. The lowest BCUT2D eigenvalue weighted by Crippen LogP contribution is -2.16. The summed E-state index contributed by atoms with van der Waals surface area (Å²) in [4.78, 5) is 5.32. The molecule has 0 unspecified atom stereocenters. The highest BCUT2D eigenvalue weighted by atomic mass is 32.1. The van der Waals surface area contributed by atoms with E-state index >= 15 is 0 Å². The van der Waals surface area contributed by atoms with Crippen LogP contribution in [0.3, 0.4) is 0 Å². The van der Waals surface area contributed by atoms with Crippen LogP contribution in [0, 0.1) is 6.92 Å². The Hall–Kier alpha value is -2.12. The highest BCUT2D eigenvalue weighted by Gasteiger charge is 2.15. The number of aryl methyl sites for hydroxylation is 1. The molecule has 1 saturated heterocycles. The molecule has 1 aliphatic heterocycles. The molecule has 0 bridgehead atoms. The average molecular weight is 344 g/mol. The molecule has 1 N–H and O–H groups in total. The third kappa shape index (κ3) is 3.52. The van der Waals surface area contributed by atoms with E-state index in [0.29, 0.717) is 6.61 Å². The minimum absolute atomic E-state index is 0.249. The average Bonchev–Trinajstić information content (AvgIpc) is 3.28. The van der Waals surface area contributed by atoms with Gasteiger partial charge in [0.15, 0.2) is 0 Å². The number of aromatic nitrogens is 3. The van der Waals surface area contributed by atoms with Crippen molar-refractivity contribution in [3.8, 4) is 5.75 Å². The summed E-state index contributed by atoms with van der Waals surface area (Å²) in [6, 6.07) is 8.15. The maximum atomic E-state index is 5.78. The molecule has 24 heavy (non-hydrogen) atoms. The van der Waals surface area contributed by atoms with Crippen molar-refractivity contribution < 1.29 is 9.47 Å². The second-order valence-electron chi connectivity index (χ2n) is 5.96. The standard InChI is InChI=1S/C17H20N4O2S/c1-12-10-21-17(19-12)24-16(20-21)18-9-13-4-6-14(7-5-13)23-11-15-3-2-8-22-15/h4-7,10,15H,2-3,8-9,11H2,1H3,(H,18,20)/t15-/m1/s1. The summed E-state index contributed by atoms with van der Waals surface area (Å²) in [5.74, 6) is 0.887. The zero-order chi connectivity index (χ0) is 16.4. The summed E-state index contributed by atoms with van der Waals surface area (Å²) in [6.45, 7) is 4.19. The first-order valence-electron chi connectivity index (χ1n) is 8.16. The number of anilines is 1. The van der Waals surface area contributed by atoms with Crippen LogP contribution in [-0.4, -0.2) is 33.9 Å². The summed E-state index contributed by atoms with van der Waals surface area (Å²) < 4.78 is 13.2. The lowest BCUT2D eigenvalue weighted by atomic mass is 10.2. The van der Waals surface area contributed by atoms with Gasteiger partial charge in [-0.25, -0.2) is 9.50 Å². The van der Waals surface area contributed by atoms with Crippen LogP contribution < -0.4 is 10.1 Å². The van der Waals surface area contributed by atoms with E-state index in [1.54, 1.807) is 11.3 Å². The highest BCUT2D eigenvalue weighted by molar-refractivity contribution is 7.20. The van der Waals surface area contributed by atoms with Gasteiger partial charge in [-0.1, -0.05) is 23.5 Å². The number of imidazole rings is 1. The van der Waals surface area contributed by atoms with Gasteiger partial charge in [-0.05, 0) is 37.5 Å². The van der Waals surface area contributed by atoms with Crippen molar-refractivity contribution in [2.45, 2.75) is 32.4 Å². The minimum Gasteiger partial charge on any atom is -0.491 e. The van der Waals surface area contributed by atoms with Crippen molar-refractivity contribution >= 4 is 21.4 Å². The van der Waals surface area contributed by atoms with E-state index in [1.807, 2.05) is 29.8 Å². The van der Waals surface area contributed by atoms with E-state index in [2.05, 4.69) is 27.5 Å². The van der Waals surface area contributed by atoms with Gasteiger partial charge in [0.25, 0.3) is 0 Å². The van der Waals surface area contributed by atoms with Crippen LogP contribution in [0.25, 0.3) is 4.96 Å². The second-order valence-corrected chi connectivity index (χ2v) is 6.92. The van der Waals surface area contributed by atoms with E-state index in [-0.39, 0.29) is 6.10 Å². The molecule has 6 nitrogen and oxygen atoms in total. The van der Waals surface area contributed by atoms with E-state index in [1.165, 1.54) is 5.56 Å². The van der Waals surface area contributed by atoms with E-state index in [4.69, 9.17) is 9.47 Å². The zero-order valence-electron chi connectivity index (χ0n) is 13.6. The number of nitrogens with one attached hydrogen (secondary N) is 1. The first-order valence-corrected chi connectivity index (χ1v) is 8.98. The Balaban J connectivity index is 1.30. The lowest BCUT2D eigenvalue weighted by Gasteiger charge is -2.11. The van der Waals surface area contributed by atoms with Crippen LogP contribution in [0.1, 0.15) is 24.1 Å². The van der Waals surface area contributed by atoms with Gasteiger partial charge in [0.2, 0.25) is 10.1 Å². The molecule has 7 heteroatoms. The van der Waals surface area contributed by atoms with Crippen molar-refractivity contribution in [3.63, 3.8) is 0 Å². The predicted octanol–water partition coefficient (Wildman–Crippen LogP) is 3.27. The van der Waals surface area contributed by atoms with Crippen molar-refractivity contribution in [2.24, 2.45) is 0 Å². The molecule has 0 amide bonds. The van der Waals surface area contributed by atoms with Gasteiger partial charge in [0.05, 0.1) is 18.0 Å². The van der Waals surface area contributed by atoms with Crippen LogP contribution in [0.2, 0.25) is 0 Å². The molecular weight excluding hydrogens is 324 g/mol. The molecule has 4 rings (SSSR count). The molecule has 3 heterocycles. The molecule has 1 aliphatic rings. The van der Waals surface area contributed by atoms with E-state index in [0.717, 1.165) is 47.5 Å². The monoisotopic (exact) mass is 344 g/mol. The number of nitrogens with zero attached hydrogens (tertiary/aromatic N) is 3. The summed E-state index contributed by atoms with van der Waals surface area (Å²) in [5, 5.41) is 8.67. The zero-order valence-corrected chi connectivity index (χ0v) is 14.4. The van der Waals surface area contributed by atoms with Crippen molar-refractivity contribution in [1.82, 2.24) is 14.6 Å². The third-order valence-electron chi connectivity index (χ3n) is 3.99. The first kappa shape index (κ1) is 15.4. The van der Waals surface area contributed by atoms with Crippen LogP contribution in [-0.2, 0) is 11.3 Å². The Bertz CT molecular complexity index is 774. The Kier molecular flexibility index (Phi) is 4.36. The number of hydrogen-bond donors (Lipinski definition) is 1. The van der Waals surface area contributed by atoms with Crippen LogP contribution in [0.15, 0.2) is 30.5 Å². The number of ether oxygens (including phenoxy) is 2. The Labute approximate surface area is 144 Å². The normalized spacial score (nSPS) is 17.5. The predicted molar refractivity (Wildman–Crippen MR) is 93.8 cm³/mol. The molecule has 1 fully saturated rings. The fourth-order valence-electron chi connectivity index (χ4n) is 2.73. The molecule has 0 aliphatic carbocycles. The SMILES string of the molecule is Cc1cn2nc(NCc3ccc(OC[C@H]4CCCO4)cc3)sc2n1.